The van der Waals surface area contributed by atoms with Gasteiger partial charge in [0.05, 0.1) is 6.54 Å². The molecule has 0 aliphatic carbocycles. The summed E-state index contributed by atoms with van der Waals surface area (Å²) in [5.74, 6) is 1.53. The van der Waals surface area contributed by atoms with Crippen molar-refractivity contribution in [3.05, 3.63) is 102 Å². The summed E-state index contributed by atoms with van der Waals surface area (Å²) in [6.07, 6.45) is 0.985. The average Bonchev–Trinajstić information content (AvgIpc) is 3.18. The highest BCUT2D eigenvalue weighted by Gasteiger charge is 2.16. The lowest BCUT2D eigenvalue weighted by atomic mass is 10.1. The van der Waals surface area contributed by atoms with Crippen molar-refractivity contribution in [2.75, 3.05) is 6.54 Å². The molecular weight excluding hydrogens is 332 g/mol. The Kier molecular flexibility index (Phi) is 5.42. The maximum absolute atomic E-state index is 6.13. The zero-order valence-corrected chi connectivity index (χ0v) is 15.1. The Morgan fingerprint density at radius 3 is 1.96 bits per heavy atom. The molecule has 0 radical (unpaired) electrons. The van der Waals surface area contributed by atoms with E-state index in [0.717, 1.165) is 35.5 Å². The molecule has 0 saturated heterocycles. The number of oxazole rings is 1. The molecule has 134 valence electrons. The van der Waals surface area contributed by atoms with E-state index in [2.05, 4.69) is 53.8 Å². The van der Waals surface area contributed by atoms with Gasteiger partial charge in [-0.25, -0.2) is 4.98 Å². The third-order valence-corrected chi connectivity index (χ3v) is 4.46. The third-order valence-electron chi connectivity index (χ3n) is 4.46. The molecule has 0 saturated carbocycles. The molecule has 1 aromatic heterocycles. The van der Waals surface area contributed by atoms with Crippen molar-refractivity contribution in [1.82, 2.24) is 10.3 Å². The van der Waals surface area contributed by atoms with Gasteiger partial charge in [0.2, 0.25) is 5.89 Å². The van der Waals surface area contributed by atoms with Crippen LogP contribution in [0.1, 0.15) is 11.5 Å². The monoisotopic (exact) mass is 354 g/mol. The van der Waals surface area contributed by atoms with Crippen LogP contribution in [0.25, 0.3) is 22.6 Å². The van der Waals surface area contributed by atoms with Crippen LogP contribution in [0.5, 0.6) is 0 Å². The Labute approximate surface area is 159 Å². The standard InChI is InChI=1S/C24H22N2O/c1-4-10-19(11-5-1)16-17-25-18-22-26-23(20-12-6-2-7-13-20)24(27-22)21-14-8-3-9-15-21/h1-15,25H,16-18H2. The van der Waals surface area contributed by atoms with E-state index in [1.807, 2.05) is 42.5 Å². The molecule has 4 rings (SSSR count). The zero-order valence-electron chi connectivity index (χ0n) is 15.1. The molecule has 0 spiro atoms. The number of hydrogen-bond donors (Lipinski definition) is 1. The first kappa shape index (κ1) is 17.3. The van der Waals surface area contributed by atoms with Gasteiger partial charge >= 0.3 is 0 Å². The molecule has 0 aliphatic rings. The Hall–Kier alpha value is -3.17. The molecule has 27 heavy (non-hydrogen) atoms. The molecule has 0 bridgehead atoms. The quantitative estimate of drug-likeness (QED) is 0.455. The summed E-state index contributed by atoms with van der Waals surface area (Å²) in [7, 11) is 0. The Morgan fingerprint density at radius 1 is 0.704 bits per heavy atom. The van der Waals surface area contributed by atoms with Crippen LogP contribution in [0.4, 0.5) is 0 Å². The van der Waals surface area contributed by atoms with Crippen molar-refractivity contribution in [1.29, 1.82) is 0 Å². The van der Waals surface area contributed by atoms with Crippen LogP contribution in [-0.2, 0) is 13.0 Å². The van der Waals surface area contributed by atoms with Crippen molar-refractivity contribution in [3.63, 3.8) is 0 Å². The molecule has 1 N–H and O–H groups in total. The number of nitrogens with zero attached hydrogens (tertiary/aromatic N) is 1. The van der Waals surface area contributed by atoms with Gasteiger partial charge in [-0.1, -0.05) is 91.0 Å². The van der Waals surface area contributed by atoms with E-state index in [1.165, 1.54) is 5.56 Å². The van der Waals surface area contributed by atoms with Gasteiger partial charge < -0.3 is 9.73 Å². The minimum Gasteiger partial charge on any atom is -0.439 e. The first-order valence-electron chi connectivity index (χ1n) is 9.25. The van der Waals surface area contributed by atoms with Crippen molar-refractivity contribution in [3.8, 4) is 22.6 Å². The lowest BCUT2D eigenvalue weighted by Gasteiger charge is -2.02. The zero-order chi connectivity index (χ0) is 18.3. The van der Waals surface area contributed by atoms with E-state index in [0.29, 0.717) is 12.4 Å². The van der Waals surface area contributed by atoms with Gasteiger partial charge in [0.1, 0.15) is 5.69 Å². The summed E-state index contributed by atoms with van der Waals surface area (Å²) in [6, 6.07) is 30.8. The molecule has 0 fully saturated rings. The topological polar surface area (TPSA) is 38.1 Å². The molecule has 0 unspecified atom stereocenters. The predicted molar refractivity (Wildman–Crippen MR) is 109 cm³/mol. The molecular formula is C24H22N2O. The van der Waals surface area contributed by atoms with Crippen molar-refractivity contribution in [2.45, 2.75) is 13.0 Å². The summed E-state index contributed by atoms with van der Waals surface area (Å²) < 4.78 is 6.13. The van der Waals surface area contributed by atoms with E-state index in [4.69, 9.17) is 9.40 Å². The fraction of sp³-hybridized carbons (Fsp3) is 0.125. The molecule has 0 aliphatic heterocycles. The Morgan fingerprint density at radius 2 is 1.30 bits per heavy atom. The summed E-state index contributed by atoms with van der Waals surface area (Å²) in [5.41, 5.74) is 4.32. The lowest BCUT2D eigenvalue weighted by molar-refractivity contribution is 0.479. The largest absolute Gasteiger partial charge is 0.439 e. The fourth-order valence-corrected chi connectivity index (χ4v) is 3.09. The minimum atomic E-state index is 0.611. The van der Waals surface area contributed by atoms with E-state index in [1.54, 1.807) is 0 Å². The normalized spacial score (nSPS) is 10.8. The number of hydrogen-bond acceptors (Lipinski definition) is 3. The lowest BCUT2D eigenvalue weighted by Crippen LogP contribution is -2.16. The second kappa shape index (κ2) is 8.47. The van der Waals surface area contributed by atoms with E-state index in [9.17, 15) is 0 Å². The van der Waals surface area contributed by atoms with E-state index < -0.39 is 0 Å². The maximum atomic E-state index is 6.13. The highest BCUT2D eigenvalue weighted by molar-refractivity contribution is 5.76. The second-order valence-electron chi connectivity index (χ2n) is 6.43. The van der Waals surface area contributed by atoms with Crippen LogP contribution in [0.2, 0.25) is 0 Å². The molecule has 3 heteroatoms. The summed E-state index contributed by atoms with van der Waals surface area (Å²) in [6.45, 7) is 1.49. The summed E-state index contributed by atoms with van der Waals surface area (Å²) in [5, 5.41) is 3.44. The van der Waals surface area contributed by atoms with Crippen molar-refractivity contribution >= 4 is 0 Å². The molecule has 3 nitrogen and oxygen atoms in total. The van der Waals surface area contributed by atoms with E-state index >= 15 is 0 Å². The summed E-state index contributed by atoms with van der Waals surface area (Å²) in [4.78, 5) is 4.77. The van der Waals surface area contributed by atoms with Gasteiger partial charge in [-0.15, -0.1) is 0 Å². The number of benzene rings is 3. The first-order valence-corrected chi connectivity index (χ1v) is 9.25. The summed E-state index contributed by atoms with van der Waals surface area (Å²) >= 11 is 0. The maximum Gasteiger partial charge on any atom is 0.209 e. The Balaban J connectivity index is 1.51. The van der Waals surface area contributed by atoms with Crippen LogP contribution in [0.3, 0.4) is 0 Å². The minimum absolute atomic E-state index is 0.611. The van der Waals surface area contributed by atoms with Gasteiger partial charge in [0.15, 0.2) is 5.76 Å². The molecule has 0 amide bonds. The van der Waals surface area contributed by atoms with Crippen LogP contribution < -0.4 is 5.32 Å². The molecule has 3 aromatic carbocycles. The highest BCUT2D eigenvalue weighted by Crippen LogP contribution is 2.32. The van der Waals surface area contributed by atoms with Crippen LogP contribution in [-0.4, -0.2) is 11.5 Å². The number of rotatable bonds is 7. The molecule has 1 heterocycles. The highest BCUT2D eigenvalue weighted by atomic mass is 16.4. The predicted octanol–water partition coefficient (Wildman–Crippen LogP) is 5.34. The molecule has 0 atom stereocenters. The van der Waals surface area contributed by atoms with Gasteiger partial charge in [-0.2, -0.15) is 0 Å². The van der Waals surface area contributed by atoms with Gasteiger partial charge in [-0.3, -0.25) is 0 Å². The molecule has 4 aromatic rings. The smallest absolute Gasteiger partial charge is 0.209 e. The number of nitrogens with one attached hydrogen (secondary N) is 1. The van der Waals surface area contributed by atoms with Gasteiger partial charge in [0, 0.05) is 11.1 Å². The van der Waals surface area contributed by atoms with Crippen LogP contribution in [0.15, 0.2) is 95.4 Å². The van der Waals surface area contributed by atoms with Crippen molar-refractivity contribution in [2.24, 2.45) is 0 Å². The fourth-order valence-electron chi connectivity index (χ4n) is 3.09. The van der Waals surface area contributed by atoms with Gasteiger partial charge in [0.25, 0.3) is 0 Å². The average molecular weight is 354 g/mol. The Bertz CT molecular complexity index is 906. The van der Waals surface area contributed by atoms with Gasteiger partial charge in [-0.05, 0) is 18.5 Å². The van der Waals surface area contributed by atoms with Crippen LogP contribution in [0, 0.1) is 0 Å². The first-order chi connectivity index (χ1) is 13.4. The van der Waals surface area contributed by atoms with Crippen molar-refractivity contribution < 1.29 is 4.42 Å². The van der Waals surface area contributed by atoms with E-state index in [-0.39, 0.29) is 0 Å². The van der Waals surface area contributed by atoms with Crippen LogP contribution >= 0.6 is 0 Å². The second-order valence-corrected chi connectivity index (χ2v) is 6.43. The third kappa shape index (κ3) is 4.33. The SMILES string of the molecule is c1ccc(CCNCc2nc(-c3ccccc3)c(-c3ccccc3)o2)cc1. The number of aromatic nitrogens is 1.